The maximum absolute atomic E-state index is 11.9. The number of carbonyl (C=O) groups excluding carboxylic acids is 2. The fourth-order valence-corrected chi connectivity index (χ4v) is 2.62. The first-order valence-electron chi connectivity index (χ1n) is 7.69. The molecule has 0 saturated heterocycles. The molecule has 0 unspecified atom stereocenters. The summed E-state index contributed by atoms with van der Waals surface area (Å²) in [6.07, 6.45) is 7.30. The van der Waals surface area contributed by atoms with Gasteiger partial charge in [0.15, 0.2) is 0 Å². The lowest BCUT2D eigenvalue weighted by Gasteiger charge is -2.27. The summed E-state index contributed by atoms with van der Waals surface area (Å²) in [4.78, 5) is 25.2. The molecule has 2 fully saturated rings. The second-order valence-corrected chi connectivity index (χ2v) is 6.10. The molecule has 2 aliphatic rings. The Kier molecular flexibility index (Phi) is 3.94. The van der Waals surface area contributed by atoms with Gasteiger partial charge in [-0.3, -0.25) is 14.3 Å². The third-order valence-electron chi connectivity index (χ3n) is 4.32. The molecule has 0 radical (unpaired) electrons. The quantitative estimate of drug-likeness (QED) is 0.853. The van der Waals surface area contributed by atoms with Crippen molar-refractivity contribution in [2.24, 2.45) is 5.92 Å². The van der Waals surface area contributed by atoms with Gasteiger partial charge in [-0.15, -0.1) is 0 Å². The monoisotopic (exact) mass is 290 g/mol. The van der Waals surface area contributed by atoms with Gasteiger partial charge in [0.05, 0.1) is 24.8 Å². The van der Waals surface area contributed by atoms with Crippen LogP contribution in [0.3, 0.4) is 0 Å². The molecule has 1 aromatic rings. The van der Waals surface area contributed by atoms with Crippen LogP contribution >= 0.6 is 0 Å². The molecular formula is C15H22N4O2. The average molecular weight is 290 g/mol. The topological polar surface area (TPSA) is 67.2 Å². The molecule has 0 aliphatic heterocycles. The van der Waals surface area contributed by atoms with Crippen LogP contribution in [0.5, 0.6) is 0 Å². The van der Waals surface area contributed by atoms with Gasteiger partial charge in [0.2, 0.25) is 11.8 Å². The summed E-state index contributed by atoms with van der Waals surface area (Å²) >= 11 is 0. The third-order valence-corrected chi connectivity index (χ3v) is 4.32. The summed E-state index contributed by atoms with van der Waals surface area (Å²) in [6.45, 7) is 0.605. The molecular weight excluding hydrogens is 268 g/mol. The van der Waals surface area contributed by atoms with Crippen LogP contribution in [-0.2, 0) is 16.1 Å². The van der Waals surface area contributed by atoms with E-state index in [-0.39, 0.29) is 24.3 Å². The number of rotatable bonds is 6. The normalized spacial score (nSPS) is 18.1. The van der Waals surface area contributed by atoms with Crippen molar-refractivity contribution in [3.63, 3.8) is 0 Å². The number of nitrogens with zero attached hydrogens (tertiary/aromatic N) is 3. The van der Waals surface area contributed by atoms with Gasteiger partial charge in [-0.2, -0.15) is 5.10 Å². The summed E-state index contributed by atoms with van der Waals surface area (Å²) in [6, 6.07) is 2.43. The van der Waals surface area contributed by atoms with Crippen molar-refractivity contribution < 1.29 is 9.59 Å². The largest absolute Gasteiger partial charge is 0.349 e. The molecule has 6 nitrogen and oxygen atoms in total. The zero-order valence-electron chi connectivity index (χ0n) is 12.4. The van der Waals surface area contributed by atoms with Crippen molar-refractivity contribution in [3.8, 4) is 0 Å². The Balaban J connectivity index is 1.47. The molecule has 3 rings (SSSR count). The van der Waals surface area contributed by atoms with Crippen LogP contribution in [0.2, 0.25) is 0 Å². The molecule has 1 aromatic heterocycles. The predicted molar refractivity (Wildman–Crippen MR) is 77.3 cm³/mol. The predicted octanol–water partition coefficient (Wildman–Crippen LogP) is 1.09. The molecule has 6 heteroatoms. The van der Waals surface area contributed by atoms with Gasteiger partial charge < -0.3 is 10.2 Å². The standard InChI is InChI=1S/C15H22N4O2/c1-18(15(21)11-5-6-11)10-14(20)16-9-13-7-8-17-19(13)12-3-2-4-12/h7-8,11-12H,2-6,9-10H2,1H3,(H,16,20). The number of likely N-dealkylation sites (N-methyl/N-ethyl adjacent to an activating group) is 1. The summed E-state index contributed by atoms with van der Waals surface area (Å²) in [5, 5.41) is 7.22. The highest BCUT2D eigenvalue weighted by Gasteiger charge is 2.32. The summed E-state index contributed by atoms with van der Waals surface area (Å²) in [5.41, 5.74) is 1.03. The van der Waals surface area contributed by atoms with Crippen LogP contribution in [0, 0.1) is 5.92 Å². The van der Waals surface area contributed by atoms with Crippen molar-refractivity contribution >= 4 is 11.8 Å². The molecule has 2 aliphatic carbocycles. The third kappa shape index (κ3) is 3.25. The first-order chi connectivity index (χ1) is 10.1. The Labute approximate surface area is 124 Å². The summed E-state index contributed by atoms with van der Waals surface area (Å²) in [5.74, 6) is 0.125. The fraction of sp³-hybridized carbons (Fsp3) is 0.667. The highest BCUT2D eigenvalue weighted by atomic mass is 16.2. The molecule has 21 heavy (non-hydrogen) atoms. The maximum atomic E-state index is 11.9. The first kappa shape index (κ1) is 14.1. The molecule has 0 atom stereocenters. The van der Waals surface area contributed by atoms with Crippen LogP contribution in [0.4, 0.5) is 0 Å². The minimum absolute atomic E-state index is 0.0876. The molecule has 114 valence electrons. The van der Waals surface area contributed by atoms with E-state index in [0.29, 0.717) is 12.6 Å². The van der Waals surface area contributed by atoms with Crippen LogP contribution in [0.1, 0.15) is 43.8 Å². The Bertz CT molecular complexity index is 532. The smallest absolute Gasteiger partial charge is 0.239 e. The van der Waals surface area contributed by atoms with E-state index in [9.17, 15) is 9.59 Å². The summed E-state index contributed by atoms with van der Waals surface area (Å²) in [7, 11) is 1.69. The average Bonchev–Trinajstić information content (AvgIpc) is 3.15. The second kappa shape index (κ2) is 5.87. The van der Waals surface area contributed by atoms with Crippen LogP contribution in [-0.4, -0.2) is 40.1 Å². The van der Waals surface area contributed by atoms with E-state index in [0.717, 1.165) is 18.5 Å². The van der Waals surface area contributed by atoms with E-state index >= 15 is 0 Å². The first-order valence-corrected chi connectivity index (χ1v) is 7.69. The highest BCUT2D eigenvalue weighted by molar-refractivity contribution is 5.86. The lowest BCUT2D eigenvalue weighted by Crippen LogP contribution is -2.39. The van der Waals surface area contributed by atoms with Gasteiger partial charge in [0.1, 0.15) is 0 Å². The van der Waals surface area contributed by atoms with Crippen molar-refractivity contribution in [3.05, 3.63) is 18.0 Å². The Morgan fingerprint density at radius 2 is 2.14 bits per heavy atom. The molecule has 2 saturated carbocycles. The van der Waals surface area contributed by atoms with E-state index in [4.69, 9.17) is 0 Å². The van der Waals surface area contributed by atoms with Crippen molar-refractivity contribution in [1.82, 2.24) is 20.0 Å². The van der Waals surface area contributed by atoms with E-state index in [1.807, 2.05) is 10.7 Å². The Morgan fingerprint density at radius 1 is 1.38 bits per heavy atom. The van der Waals surface area contributed by atoms with Gasteiger partial charge in [0, 0.05) is 19.2 Å². The number of hydrogen-bond donors (Lipinski definition) is 1. The van der Waals surface area contributed by atoms with Crippen LogP contribution in [0.15, 0.2) is 12.3 Å². The molecule has 1 N–H and O–H groups in total. The Hall–Kier alpha value is -1.85. The van der Waals surface area contributed by atoms with Gasteiger partial charge in [0.25, 0.3) is 0 Å². The van der Waals surface area contributed by atoms with Crippen molar-refractivity contribution in [2.75, 3.05) is 13.6 Å². The van der Waals surface area contributed by atoms with Gasteiger partial charge in [-0.1, -0.05) is 0 Å². The number of carbonyl (C=O) groups is 2. The van der Waals surface area contributed by atoms with E-state index in [2.05, 4.69) is 10.4 Å². The zero-order chi connectivity index (χ0) is 14.8. The van der Waals surface area contributed by atoms with E-state index < -0.39 is 0 Å². The number of nitrogens with one attached hydrogen (secondary N) is 1. The lowest BCUT2D eigenvalue weighted by atomic mass is 9.93. The highest BCUT2D eigenvalue weighted by Crippen LogP contribution is 2.32. The molecule has 1 heterocycles. The van der Waals surface area contributed by atoms with Crippen LogP contribution in [0.25, 0.3) is 0 Å². The van der Waals surface area contributed by atoms with Gasteiger partial charge in [-0.05, 0) is 38.2 Å². The minimum Gasteiger partial charge on any atom is -0.349 e. The van der Waals surface area contributed by atoms with Crippen molar-refractivity contribution in [1.29, 1.82) is 0 Å². The summed E-state index contributed by atoms with van der Waals surface area (Å²) < 4.78 is 2.02. The van der Waals surface area contributed by atoms with Gasteiger partial charge >= 0.3 is 0 Å². The second-order valence-electron chi connectivity index (χ2n) is 6.10. The van der Waals surface area contributed by atoms with Crippen molar-refractivity contribution in [2.45, 2.75) is 44.7 Å². The maximum Gasteiger partial charge on any atom is 0.239 e. The minimum atomic E-state index is -0.118. The molecule has 2 amide bonds. The zero-order valence-corrected chi connectivity index (χ0v) is 12.4. The lowest BCUT2D eigenvalue weighted by molar-refractivity contribution is -0.135. The van der Waals surface area contributed by atoms with E-state index in [1.54, 1.807) is 13.2 Å². The van der Waals surface area contributed by atoms with E-state index in [1.165, 1.54) is 24.2 Å². The molecule has 0 bridgehead atoms. The van der Waals surface area contributed by atoms with Crippen LogP contribution < -0.4 is 5.32 Å². The number of amides is 2. The SMILES string of the molecule is CN(CC(=O)NCc1ccnn1C1CCC1)C(=O)C1CC1. The number of aromatic nitrogens is 2. The number of hydrogen-bond acceptors (Lipinski definition) is 3. The van der Waals surface area contributed by atoms with Gasteiger partial charge in [-0.25, -0.2) is 0 Å². The Morgan fingerprint density at radius 3 is 2.76 bits per heavy atom. The fourth-order valence-electron chi connectivity index (χ4n) is 2.62. The molecule has 0 spiro atoms. The molecule has 0 aromatic carbocycles.